The van der Waals surface area contributed by atoms with Gasteiger partial charge in [-0.3, -0.25) is 14.5 Å². The first-order valence-electron chi connectivity index (χ1n) is 13.4. The van der Waals surface area contributed by atoms with Crippen molar-refractivity contribution in [1.29, 1.82) is 5.26 Å². The third kappa shape index (κ3) is 6.32. The van der Waals surface area contributed by atoms with E-state index in [1.807, 2.05) is 47.4 Å². The van der Waals surface area contributed by atoms with Crippen LogP contribution in [0.3, 0.4) is 0 Å². The fourth-order valence-corrected chi connectivity index (χ4v) is 5.37. The Labute approximate surface area is 223 Å². The Morgan fingerprint density at radius 1 is 1.03 bits per heavy atom. The lowest BCUT2D eigenvalue weighted by molar-refractivity contribution is -0.134. The van der Waals surface area contributed by atoms with Gasteiger partial charge in [-0.2, -0.15) is 5.26 Å². The summed E-state index contributed by atoms with van der Waals surface area (Å²) in [7, 11) is 0. The number of amides is 1. The molecule has 0 bridgehead atoms. The molecule has 1 saturated heterocycles. The topological polar surface area (TPSA) is 86.8 Å². The van der Waals surface area contributed by atoms with Gasteiger partial charge in [0, 0.05) is 38.7 Å². The number of nitriles is 1. The number of hydrogen-bond donors (Lipinski definition) is 0. The van der Waals surface area contributed by atoms with Crippen LogP contribution < -0.4 is 10.2 Å². The van der Waals surface area contributed by atoms with Crippen LogP contribution in [0.15, 0.2) is 70.1 Å². The average Bonchev–Trinajstić information content (AvgIpc) is 3.46. The van der Waals surface area contributed by atoms with E-state index < -0.39 is 0 Å². The molecular formula is C31H33N3O4. The van der Waals surface area contributed by atoms with Crippen molar-refractivity contribution in [3.8, 4) is 22.9 Å². The lowest BCUT2D eigenvalue weighted by Gasteiger charge is -2.34. The minimum absolute atomic E-state index is 0.176. The Morgan fingerprint density at radius 3 is 2.47 bits per heavy atom. The molecule has 2 aromatic carbocycles. The number of carbonyl (C=O) groups is 1. The van der Waals surface area contributed by atoms with Gasteiger partial charge in [0.2, 0.25) is 17.1 Å². The van der Waals surface area contributed by atoms with Crippen LogP contribution >= 0.6 is 0 Å². The van der Waals surface area contributed by atoms with Gasteiger partial charge in [-0.15, -0.1) is 0 Å². The van der Waals surface area contributed by atoms with Crippen molar-refractivity contribution in [3.63, 3.8) is 0 Å². The highest BCUT2D eigenvalue weighted by molar-refractivity contribution is 5.76. The van der Waals surface area contributed by atoms with E-state index in [1.54, 1.807) is 6.07 Å². The average molecular weight is 512 g/mol. The van der Waals surface area contributed by atoms with Gasteiger partial charge in [0.25, 0.3) is 0 Å². The van der Waals surface area contributed by atoms with Crippen molar-refractivity contribution in [2.24, 2.45) is 5.92 Å². The van der Waals surface area contributed by atoms with Gasteiger partial charge in [-0.05, 0) is 41.5 Å². The predicted molar refractivity (Wildman–Crippen MR) is 144 cm³/mol. The van der Waals surface area contributed by atoms with E-state index in [0.29, 0.717) is 30.2 Å². The Bertz CT molecular complexity index is 1340. The molecule has 1 saturated carbocycles. The molecule has 1 aliphatic heterocycles. The second-order valence-electron chi connectivity index (χ2n) is 10.2. The number of ether oxygens (including phenoxy) is 1. The zero-order valence-electron chi connectivity index (χ0n) is 21.6. The fraction of sp³-hybridized carbons (Fsp3) is 0.387. The predicted octanol–water partition coefficient (Wildman–Crippen LogP) is 4.98. The second-order valence-corrected chi connectivity index (χ2v) is 10.2. The maximum Gasteiger partial charge on any atom is 0.227 e. The van der Waals surface area contributed by atoms with Crippen LogP contribution in [0.4, 0.5) is 0 Å². The molecule has 0 unspecified atom stereocenters. The molecule has 2 fully saturated rings. The van der Waals surface area contributed by atoms with Crippen molar-refractivity contribution in [3.05, 3.63) is 88.0 Å². The smallest absolute Gasteiger partial charge is 0.227 e. The zero-order chi connectivity index (χ0) is 26.3. The van der Waals surface area contributed by atoms with E-state index in [2.05, 4.69) is 11.0 Å². The number of hydrogen-bond acceptors (Lipinski definition) is 6. The molecule has 2 heterocycles. The highest BCUT2D eigenvalue weighted by Gasteiger charge is 2.25. The molecular weight excluding hydrogens is 478 g/mol. The van der Waals surface area contributed by atoms with Gasteiger partial charge in [0.15, 0.2) is 0 Å². The minimum atomic E-state index is -0.212. The summed E-state index contributed by atoms with van der Waals surface area (Å²) in [6, 6.07) is 19.0. The molecule has 38 heavy (non-hydrogen) atoms. The quantitative estimate of drug-likeness (QED) is 0.424. The Morgan fingerprint density at radius 2 is 1.76 bits per heavy atom. The number of rotatable bonds is 8. The molecule has 0 N–H and O–H groups in total. The van der Waals surface area contributed by atoms with Gasteiger partial charge >= 0.3 is 0 Å². The van der Waals surface area contributed by atoms with Crippen LogP contribution in [0.2, 0.25) is 0 Å². The fourth-order valence-electron chi connectivity index (χ4n) is 5.37. The van der Waals surface area contributed by atoms with E-state index in [-0.39, 0.29) is 23.7 Å². The SMILES string of the molecule is N#Cc1ccccc1-c1ccc(COc2coc(CN3CCN(C(=O)CC4CCCC4)CC3)cc2=O)cc1. The first-order chi connectivity index (χ1) is 18.6. The lowest BCUT2D eigenvalue weighted by atomic mass is 9.99. The van der Waals surface area contributed by atoms with Crippen LogP contribution in [0, 0.1) is 17.2 Å². The molecule has 1 amide bonds. The first-order valence-corrected chi connectivity index (χ1v) is 13.4. The minimum Gasteiger partial charge on any atom is -0.482 e. The molecule has 3 aromatic rings. The van der Waals surface area contributed by atoms with E-state index in [4.69, 9.17) is 9.15 Å². The largest absolute Gasteiger partial charge is 0.482 e. The first kappa shape index (κ1) is 25.7. The summed E-state index contributed by atoms with van der Waals surface area (Å²) in [6.07, 6.45) is 6.97. The molecule has 196 valence electrons. The molecule has 5 rings (SSSR count). The summed E-state index contributed by atoms with van der Waals surface area (Å²) >= 11 is 0. The summed E-state index contributed by atoms with van der Waals surface area (Å²) < 4.78 is 11.5. The van der Waals surface area contributed by atoms with E-state index in [9.17, 15) is 14.9 Å². The van der Waals surface area contributed by atoms with Gasteiger partial charge < -0.3 is 14.1 Å². The second kappa shape index (κ2) is 12.1. The summed E-state index contributed by atoms with van der Waals surface area (Å²) in [5, 5.41) is 9.33. The number of benzene rings is 2. The maximum absolute atomic E-state index is 12.6. The van der Waals surface area contributed by atoms with E-state index >= 15 is 0 Å². The van der Waals surface area contributed by atoms with Crippen LogP contribution in [-0.4, -0.2) is 41.9 Å². The van der Waals surface area contributed by atoms with Crippen LogP contribution in [0.1, 0.15) is 49.0 Å². The molecule has 0 radical (unpaired) electrons. The number of carbonyl (C=O) groups excluding carboxylic acids is 1. The number of nitrogens with zero attached hydrogens (tertiary/aromatic N) is 3. The normalized spacial score (nSPS) is 16.3. The molecule has 0 spiro atoms. The molecule has 0 atom stereocenters. The molecule has 1 aliphatic carbocycles. The highest BCUT2D eigenvalue weighted by Crippen LogP contribution is 2.28. The van der Waals surface area contributed by atoms with Crippen molar-refractivity contribution in [2.75, 3.05) is 26.2 Å². The summed E-state index contributed by atoms with van der Waals surface area (Å²) in [5.74, 6) is 1.62. The van der Waals surface area contributed by atoms with Gasteiger partial charge in [-0.1, -0.05) is 55.3 Å². The Balaban J connectivity index is 1.10. The molecule has 7 nitrogen and oxygen atoms in total. The molecule has 2 aliphatic rings. The Hall–Kier alpha value is -3.89. The number of piperazine rings is 1. The molecule has 7 heteroatoms. The highest BCUT2D eigenvalue weighted by atomic mass is 16.5. The maximum atomic E-state index is 12.6. The lowest BCUT2D eigenvalue weighted by Crippen LogP contribution is -2.48. The van der Waals surface area contributed by atoms with Gasteiger partial charge in [0.05, 0.1) is 18.2 Å². The summed E-state index contributed by atoms with van der Waals surface area (Å²) in [6.45, 7) is 3.75. The van der Waals surface area contributed by atoms with Gasteiger partial charge in [-0.25, -0.2) is 0 Å². The van der Waals surface area contributed by atoms with Gasteiger partial charge in [0.1, 0.15) is 18.6 Å². The standard InChI is InChI=1S/C31H33N3O4/c32-19-26-7-3-4-8-28(26)25-11-9-24(10-12-25)21-38-30-22-37-27(18-29(30)35)20-33-13-15-34(16-14-33)31(36)17-23-5-1-2-6-23/h3-4,7-12,18,22-23H,1-2,5-6,13-17,20-21H2. The summed E-state index contributed by atoms with van der Waals surface area (Å²) in [4.78, 5) is 29.4. The van der Waals surface area contributed by atoms with Crippen molar-refractivity contribution >= 4 is 5.91 Å². The monoisotopic (exact) mass is 511 g/mol. The third-order valence-corrected chi connectivity index (χ3v) is 7.60. The van der Waals surface area contributed by atoms with Crippen molar-refractivity contribution in [1.82, 2.24) is 9.80 Å². The zero-order valence-corrected chi connectivity index (χ0v) is 21.6. The van der Waals surface area contributed by atoms with Crippen LogP contribution in [-0.2, 0) is 17.9 Å². The van der Waals surface area contributed by atoms with Crippen LogP contribution in [0.5, 0.6) is 5.75 Å². The Kier molecular flexibility index (Phi) is 8.20. The van der Waals surface area contributed by atoms with Crippen LogP contribution in [0.25, 0.3) is 11.1 Å². The van der Waals surface area contributed by atoms with E-state index in [0.717, 1.165) is 42.9 Å². The van der Waals surface area contributed by atoms with E-state index in [1.165, 1.54) is 38.0 Å². The summed E-state index contributed by atoms with van der Waals surface area (Å²) in [5.41, 5.74) is 3.16. The molecule has 1 aromatic heterocycles. The van der Waals surface area contributed by atoms with Crippen molar-refractivity contribution in [2.45, 2.75) is 45.3 Å². The van der Waals surface area contributed by atoms with Crippen molar-refractivity contribution < 1.29 is 13.9 Å². The third-order valence-electron chi connectivity index (χ3n) is 7.60.